The Bertz CT molecular complexity index is 1270. The lowest BCUT2D eigenvalue weighted by atomic mass is 10.0. The van der Waals surface area contributed by atoms with Gasteiger partial charge in [0.25, 0.3) is 5.56 Å². The number of rotatable bonds is 4. The first kappa shape index (κ1) is 18.1. The van der Waals surface area contributed by atoms with Crippen molar-refractivity contribution in [3.8, 4) is 11.3 Å². The van der Waals surface area contributed by atoms with Gasteiger partial charge >= 0.3 is 6.03 Å². The zero-order valence-corrected chi connectivity index (χ0v) is 16.3. The summed E-state index contributed by atoms with van der Waals surface area (Å²) in [5, 5.41) is 8.24. The summed E-state index contributed by atoms with van der Waals surface area (Å²) in [6.07, 6.45) is 0. The van der Waals surface area contributed by atoms with Gasteiger partial charge in [-0.1, -0.05) is 60.7 Å². The molecule has 0 spiro atoms. The second kappa shape index (κ2) is 7.48. The molecule has 0 saturated carbocycles. The zero-order valence-electron chi connectivity index (χ0n) is 16.3. The van der Waals surface area contributed by atoms with Crippen molar-refractivity contribution in [2.45, 2.75) is 6.54 Å². The van der Waals surface area contributed by atoms with Crippen LogP contribution in [0, 0.1) is 0 Å². The van der Waals surface area contributed by atoms with Crippen LogP contribution in [0.1, 0.15) is 5.56 Å². The van der Waals surface area contributed by atoms with E-state index < -0.39 is 0 Å². The van der Waals surface area contributed by atoms with Gasteiger partial charge in [0.05, 0.1) is 11.1 Å². The van der Waals surface area contributed by atoms with Crippen LogP contribution >= 0.6 is 0 Å². The molecule has 1 aliphatic heterocycles. The Balaban J connectivity index is 1.39. The van der Waals surface area contributed by atoms with Gasteiger partial charge in [-0.25, -0.2) is 9.89 Å². The molecule has 2 amide bonds. The third-order valence-electron chi connectivity index (χ3n) is 5.46. The SMILES string of the molecule is O=C1N(Cc2ccccc2)CCN1c1ccc(-c2n[nH]c(=O)c3ccccc23)cc1. The van der Waals surface area contributed by atoms with Crippen LogP contribution in [0.2, 0.25) is 0 Å². The molecule has 1 fully saturated rings. The molecule has 0 aliphatic carbocycles. The van der Waals surface area contributed by atoms with E-state index in [2.05, 4.69) is 10.2 Å². The molecular formula is C24H20N4O2. The maximum atomic E-state index is 12.9. The van der Waals surface area contributed by atoms with E-state index in [0.717, 1.165) is 27.9 Å². The lowest BCUT2D eigenvalue weighted by Gasteiger charge is -2.19. The highest BCUT2D eigenvalue weighted by atomic mass is 16.2. The van der Waals surface area contributed by atoms with E-state index in [4.69, 9.17) is 0 Å². The predicted octanol–water partition coefficient (Wildman–Crippen LogP) is 4.03. The smallest absolute Gasteiger partial charge is 0.318 e. The minimum Gasteiger partial charge on any atom is -0.318 e. The Morgan fingerprint density at radius 2 is 1.50 bits per heavy atom. The van der Waals surface area contributed by atoms with Crippen molar-refractivity contribution in [2.24, 2.45) is 0 Å². The van der Waals surface area contributed by atoms with Crippen LogP contribution in [0.25, 0.3) is 22.0 Å². The number of fused-ring (bicyclic) bond motifs is 1. The normalized spacial score (nSPS) is 13.9. The van der Waals surface area contributed by atoms with Crippen LogP contribution < -0.4 is 10.5 Å². The number of aromatic nitrogens is 2. The molecule has 4 aromatic rings. The second-order valence-corrected chi connectivity index (χ2v) is 7.34. The summed E-state index contributed by atoms with van der Waals surface area (Å²) < 4.78 is 0. The van der Waals surface area contributed by atoms with E-state index in [1.165, 1.54) is 0 Å². The van der Waals surface area contributed by atoms with Crippen LogP contribution in [-0.2, 0) is 6.54 Å². The number of H-pyrrole nitrogens is 1. The Kier molecular flexibility index (Phi) is 4.52. The van der Waals surface area contributed by atoms with Crippen molar-refractivity contribution in [1.82, 2.24) is 15.1 Å². The summed E-state index contributed by atoms with van der Waals surface area (Å²) in [7, 11) is 0. The monoisotopic (exact) mass is 396 g/mol. The fourth-order valence-electron chi connectivity index (χ4n) is 3.91. The fourth-order valence-corrected chi connectivity index (χ4v) is 3.91. The van der Waals surface area contributed by atoms with E-state index in [9.17, 15) is 9.59 Å². The maximum absolute atomic E-state index is 12.9. The van der Waals surface area contributed by atoms with Gasteiger partial charge in [0.15, 0.2) is 0 Å². The van der Waals surface area contributed by atoms with Gasteiger partial charge in [-0.2, -0.15) is 5.10 Å². The first-order chi connectivity index (χ1) is 14.7. The molecule has 1 N–H and O–H groups in total. The lowest BCUT2D eigenvalue weighted by molar-refractivity contribution is 0.219. The summed E-state index contributed by atoms with van der Waals surface area (Å²) in [5.41, 5.74) is 3.38. The van der Waals surface area contributed by atoms with Gasteiger partial charge in [0.1, 0.15) is 0 Å². The third-order valence-corrected chi connectivity index (χ3v) is 5.46. The number of nitrogens with one attached hydrogen (secondary N) is 1. The van der Waals surface area contributed by atoms with Gasteiger partial charge in [0, 0.05) is 36.3 Å². The largest absolute Gasteiger partial charge is 0.324 e. The number of carbonyl (C=O) groups excluding carboxylic acids is 1. The summed E-state index contributed by atoms with van der Waals surface area (Å²) in [6, 6.07) is 25.2. The molecule has 1 aliphatic rings. The standard InChI is InChI=1S/C24H20N4O2/c29-23-21-9-5-4-8-20(21)22(25-26-23)18-10-12-19(13-11-18)28-15-14-27(24(28)30)16-17-6-2-1-3-7-17/h1-13H,14-16H2,(H,26,29). The van der Waals surface area contributed by atoms with E-state index in [-0.39, 0.29) is 11.6 Å². The molecule has 0 atom stereocenters. The number of aromatic amines is 1. The number of amides is 2. The van der Waals surface area contributed by atoms with Gasteiger partial charge < -0.3 is 4.90 Å². The molecular weight excluding hydrogens is 376 g/mol. The molecule has 2 heterocycles. The molecule has 30 heavy (non-hydrogen) atoms. The van der Waals surface area contributed by atoms with Crippen molar-refractivity contribution in [1.29, 1.82) is 0 Å². The highest BCUT2D eigenvalue weighted by Gasteiger charge is 2.29. The Hall–Kier alpha value is -3.93. The van der Waals surface area contributed by atoms with E-state index in [0.29, 0.717) is 25.0 Å². The van der Waals surface area contributed by atoms with Gasteiger partial charge in [0.2, 0.25) is 0 Å². The van der Waals surface area contributed by atoms with Crippen LogP contribution in [0.15, 0.2) is 83.7 Å². The van der Waals surface area contributed by atoms with Crippen LogP contribution in [0.4, 0.5) is 10.5 Å². The Morgan fingerprint density at radius 3 is 2.27 bits per heavy atom. The molecule has 0 bridgehead atoms. The minimum absolute atomic E-state index is 0.0132. The van der Waals surface area contributed by atoms with E-state index in [1.807, 2.05) is 77.7 Å². The van der Waals surface area contributed by atoms with Crippen LogP contribution in [0.5, 0.6) is 0 Å². The van der Waals surface area contributed by atoms with E-state index in [1.54, 1.807) is 11.0 Å². The van der Waals surface area contributed by atoms with Crippen molar-refractivity contribution < 1.29 is 4.79 Å². The predicted molar refractivity (Wildman–Crippen MR) is 117 cm³/mol. The molecule has 5 rings (SSSR count). The zero-order chi connectivity index (χ0) is 20.5. The summed E-state index contributed by atoms with van der Waals surface area (Å²) in [4.78, 5) is 28.6. The van der Waals surface area contributed by atoms with Crippen molar-refractivity contribution in [3.63, 3.8) is 0 Å². The molecule has 1 aromatic heterocycles. The van der Waals surface area contributed by atoms with Gasteiger partial charge in [-0.05, 0) is 23.8 Å². The van der Waals surface area contributed by atoms with Gasteiger partial charge in [-0.3, -0.25) is 9.69 Å². The molecule has 148 valence electrons. The molecule has 0 radical (unpaired) electrons. The summed E-state index contributed by atoms with van der Waals surface area (Å²) >= 11 is 0. The Labute approximate surface area is 173 Å². The number of hydrogen-bond acceptors (Lipinski definition) is 3. The molecule has 6 nitrogen and oxygen atoms in total. The molecule has 3 aromatic carbocycles. The average Bonchev–Trinajstić information content (AvgIpc) is 3.15. The van der Waals surface area contributed by atoms with E-state index >= 15 is 0 Å². The number of carbonyl (C=O) groups is 1. The minimum atomic E-state index is -0.202. The summed E-state index contributed by atoms with van der Waals surface area (Å²) in [6.45, 7) is 1.97. The number of anilines is 1. The topological polar surface area (TPSA) is 69.3 Å². The van der Waals surface area contributed by atoms with Crippen molar-refractivity contribution in [3.05, 3.63) is 94.8 Å². The Morgan fingerprint density at radius 1 is 0.800 bits per heavy atom. The first-order valence-electron chi connectivity index (χ1n) is 9.89. The fraction of sp³-hybridized carbons (Fsp3) is 0.125. The highest BCUT2D eigenvalue weighted by molar-refractivity contribution is 5.96. The second-order valence-electron chi connectivity index (χ2n) is 7.34. The molecule has 0 unspecified atom stereocenters. The number of benzene rings is 3. The average molecular weight is 396 g/mol. The first-order valence-corrected chi connectivity index (χ1v) is 9.89. The number of hydrogen-bond donors (Lipinski definition) is 1. The number of urea groups is 1. The van der Waals surface area contributed by atoms with Crippen molar-refractivity contribution >= 4 is 22.5 Å². The molecule has 1 saturated heterocycles. The molecule has 6 heteroatoms. The summed E-state index contributed by atoms with van der Waals surface area (Å²) in [5.74, 6) is 0. The quantitative estimate of drug-likeness (QED) is 0.566. The lowest BCUT2D eigenvalue weighted by Crippen LogP contribution is -2.31. The third kappa shape index (κ3) is 3.22. The van der Waals surface area contributed by atoms with Crippen LogP contribution in [-0.4, -0.2) is 34.2 Å². The van der Waals surface area contributed by atoms with Crippen molar-refractivity contribution in [2.75, 3.05) is 18.0 Å². The maximum Gasteiger partial charge on any atom is 0.324 e. The van der Waals surface area contributed by atoms with Crippen LogP contribution in [0.3, 0.4) is 0 Å². The number of nitrogens with zero attached hydrogens (tertiary/aromatic N) is 3. The van der Waals surface area contributed by atoms with Gasteiger partial charge in [-0.15, -0.1) is 0 Å². The highest BCUT2D eigenvalue weighted by Crippen LogP contribution is 2.28.